The molecule has 2 saturated carbocycles. The van der Waals surface area contributed by atoms with Crippen LogP contribution in [-0.4, -0.2) is 24.7 Å². The molecule has 3 unspecified atom stereocenters. The fraction of sp³-hybridized carbons (Fsp3) is 1.00. The predicted octanol–water partition coefficient (Wildman–Crippen LogP) is 3.22. The molecule has 1 heterocycles. The summed E-state index contributed by atoms with van der Waals surface area (Å²) in [4.78, 5) is 0. The molecule has 0 radical (unpaired) electrons. The van der Waals surface area contributed by atoms with Gasteiger partial charge in [-0.3, -0.25) is 0 Å². The summed E-state index contributed by atoms with van der Waals surface area (Å²) in [6.45, 7) is 1.22. The first-order chi connectivity index (χ1) is 8.92. The molecule has 2 heteroatoms. The quantitative estimate of drug-likeness (QED) is 0.752. The number of rotatable bonds is 3. The van der Waals surface area contributed by atoms with Gasteiger partial charge in [-0.1, -0.05) is 38.5 Å². The molecule has 0 amide bonds. The molecular weight excluding hydrogens is 220 g/mol. The maximum absolute atomic E-state index is 3.89. The summed E-state index contributed by atoms with van der Waals surface area (Å²) >= 11 is 0. The van der Waals surface area contributed by atoms with Crippen molar-refractivity contribution in [2.45, 2.75) is 88.8 Å². The lowest BCUT2D eigenvalue weighted by atomic mass is 9.85. The zero-order valence-corrected chi connectivity index (χ0v) is 11.8. The Bertz CT molecular complexity index is 231. The van der Waals surface area contributed by atoms with Crippen LogP contribution in [-0.2, 0) is 0 Å². The minimum atomic E-state index is 0.765. The number of fused-ring (bicyclic) bond motifs is 1. The lowest BCUT2D eigenvalue weighted by molar-refractivity contribution is 0.325. The van der Waals surface area contributed by atoms with Crippen molar-refractivity contribution in [2.75, 3.05) is 6.54 Å². The summed E-state index contributed by atoms with van der Waals surface area (Å²) < 4.78 is 0. The van der Waals surface area contributed by atoms with E-state index in [0.717, 1.165) is 24.0 Å². The van der Waals surface area contributed by atoms with Gasteiger partial charge >= 0.3 is 0 Å². The summed E-state index contributed by atoms with van der Waals surface area (Å²) in [6.07, 6.45) is 15.9. The van der Waals surface area contributed by atoms with Gasteiger partial charge in [0.25, 0.3) is 0 Å². The second kappa shape index (κ2) is 6.38. The Morgan fingerprint density at radius 3 is 2.33 bits per heavy atom. The Morgan fingerprint density at radius 2 is 1.56 bits per heavy atom. The van der Waals surface area contributed by atoms with E-state index < -0.39 is 0 Å². The van der Waals surface area contributed by atoms with Crippen LogP contribution in [0.15, 0.2) is 0 Å². The predicted molar refractivity (Wildman–Crippen MR) is 76.8 cm³/mol. The van der Waals surface area contributed by atoms with Crippen LogP contribution < -0.4 is 10.6 Å². The highest BCUT2D eigenvalue weighted by atomic mass is 15.1. The lowest BCUT2D eigenvalue weighted by Crippen LogP contribution is -2.41. The Labute approximate surface area is 112 Å². The van der Waals surface area contributed by atoms with Gasteiger partial charge < -0.3 is 10.6 Å². The molecule has 0 bridgehead atoms. The fourth-order valence-electron chi connectivity index (χ4n) is 4.38. The fourth-order valence-corrected chi connectivity index (χ4v) is 4.38. The lowest BCUT2D eigenvalue weighted by Gasteiger charge is -2.24. The van der Waals surface area contributed by atoms with E-state index in [0.29, 0.717) is 0 Å². The number of hydrogen-bond donors (Lipinski definition) is 2. The molecule has 2 N–H and O–H groups in total. The molecule has 2 aliphatic carbocycles. The molecule has 1 saturated heterocycles. The molecule has 0 aromatic carbocycles. The van der Waals surface area contributed by atoms with Crippen molar-refractivity contribution in [3.8, 4) is 0 Å². The van der Waals surface area contributed by atoms with E-state index in [-0.39, 0.29) is 0 Å². The molecule has 104 valence electrons. The van der Waals surface area contributed by atoms with Crippen LogP contribution in [0, 0.1) is 5.92 Å². The monoisotopic (exact) mass is 250 g/mol. The Hall–Kier alpha value is -0.0800. The minimum absolute atomic E-state index is 0.765. The molecule has 0 spiro atoms. The van der Waals surface area contributed by atoms with Gasteiger partial charge in [-0.15, -0.1) is 0 Å². The van der Waals surface area contributed by atoms with Gasteiger partial charge in [-0.05, 0) is 38.0 Å². The molecule has 2 nitrogen and oxygen atoms in total. The summed E-state index contributed by atoms with van der Waals surface area (Å²) in [5.41, 5.74) is 0. The number of hydrogen-bond acceptors (Lipinski definition) is 2. The van der Waals surface area contributed by atoms with E-state index in [1.165, 1.54) is 77.2 Å². The Balaban J connectivity index is 1.40. The first kappa shape index (κ1) is 12.9. The SMILES string of the molecule is C1CCCC(NCC2CC3CCCCC3N2)CC1. The standard InChI is InChI=1S/C16H30N2/c1-2-4-9-14(8-3-1)17-12-15-11-13-7-5-6-10-16(13)18-15/h13-18H,1-12H2. The van der Waals surface area contributed by atoms with E-state index in [4.69, 9.17) is 0 Å². The van der Waals surface area contributed by atoms with Crippen molar-refractivity contribution < 1.29 is 0 Å². The first-order valence-electron chi connectivity index (χ1n) is 8.41. The molecule has 3 fully saturated rings. The molecule has 18 heavy (non-hydrogen) atoms. The van der Waals surface area contributed by atoms with Gasteiger partial charge in [0, 0.05) is 24.7 Å². The highest BCUT2D eigenvalue weighted by Gasteiger charge is 2.34. The average molecular weight is 250 g/mol. The summed E-state index contributed by atoms with van der Waals surface area (Å²) in [7, 11) is 0. The van der Waals surface area contributed by atoms with Crippen molar-refractivity contribution in [2.24, 2.45) is 5.92 Å². The van der Waals surface area contributed by atoms with Gasteiger partial charge in [-0.2, -0.15) is 0 Å². The van der Waals surface area contributed by atoms with Gasteiger partial charge in [0.1, 0.15) is 0 Å². The van der Waals surface area contributed by atoms with Crippen LogP contribution in [0.5, 0.6) is 0 Å². The van der Waals surface area contributed by atoms with Crippen LogP contribution in [0.1, 0.15) is 70.6 Å². The van der Waals surface area contributed by atoms with Gasteiger partial charge in [-0.25, -0.2) is 0 Å². The second-order valence-electron chi connectivity index (χ2n) is 6.85. The first-order valence-corrected chi connectivity index (χ1v) is 8.41. The van der Waals surface area contributed by atoms with Gasteiger partial charge in [0.15, 0.2) is 0 Å². The number of nitrogens with one attached hydrogen (secondary N) is 2. The van der Waals surface area contributed by atoms with Gasteiger partial charge in [0.05, 0.1) is 0 Å². The summed E-state index contributed by atoms with van der Waals surface area (Å²) in [5, 5.41) is 7.74. The van der Waals surface area contributed by atoms with E-state index in [2.05, 4.69) is 10.6 Å². The second-order valence-corrected chi connectivity index (χ2v) is 6.85. The third kappa shape index (κ3) is 3.27. The molecule has 0 aromatic heterocycles. The molecule has 3 aliphatic rings. The van der Waals surface area contributed by atoms with Crippen molar-refractivity contribution in [3.63, 3.8) is 0 Å². The summed E-state index contributed by atoms with van der Waals surface area (Å²) in [5.74, 6) is 1.000. The molecule has 3 atom stereocenters. The van der Waals surface area contributed by atoms with Crippen molar-refractivity contribution in [1.29, 1.82) is 0 Å². The Morgan fingerprint density at radius 1 is 0.833 bits per heavy atom. The van der Waals surface area contributed by atoms with Crippen LogP contribution in [0.25, 0.3) is 0 Å². The van der Waals surface area contributed by atoms with E-state index in [1.54, 1.807) is 0 Å². The van der Waals surface area contributed by atoms with Crippen LogP contribution in [0.4, 0.5) is 0 Å². The van der Waals surface area contributed by atoms with E-state index in [1.807, 2.05) is 0 Å². The third-order valence-electron chi connectivity index (χ3n) is 5.45. The molecular formula is C16H30N2. The normalized spacial score (nSPS) is 38.3. The van der Waals surface area contributed by atoms with Crippen molar-refractivity contribution in [3.05, 3.63) is 0 Å². The molecule has 3 rings (SSSR count). The highest BCUT2D eigenvalue weighted by molar-refractivity contribution is 4.94. The summed E-state index contributed by atoms with van der Waals surface area (Å²) in [6, 6.07) is 2.44. The zero-order valence-electron chi connectivity index (χ0n) is 11.8. The average Bonchev–Trinajstić information content (AvgIpc) is 2.63. The topological polar surface area (TPSA) is 24.1 Å². The zero-order chi connectivity index (χ0) is 12.2. The van der Waals surface area contributed by atoms with Crippen LogP contribution in [0.3, 0.4) is 0 Å². The minimum Gasteiger partial charge on any atom is -0.312 e. The highest BCUT2D eigenvalue weighted by Crippen LogP contribution is 2.33. The maximum Gasteiger partial charge on any atom is 0.0198 e. The van der Waals surface area contributed by atoms with Crippen LogP contribution >= 0.6 is 0 Å². The smallest absolute Gasteiger partial charge is 0.0198 e. The van der Waals surface area contributed by atoms with Crippen molar-refractivity contribution >= 4 is 0 Å². The van der Waals surface area contributed by atoms with E-state index in [9.17, 15) is 0 Å². The van der Waals surface area contributed by atoms with Crippen LogP contribution in [0.2, 0.25) is 0 Å². The van der Waals surface area contributed by atoms with E-state index >= 15 is 0 Å². The van der Waals surface area contributed by atoms with Crippen molar-refractivity contribution in [1.82, 2.24) is 10.6 Å². The molecule has 1 aliphatic heterocycles. The molecule has 0 aromatic rings. The Kier molecular flexibility index (Phi) is 4.58. The van der Waals surface area contributed by atoms with Gasteiger partial charge in [0.2, 0.25) is 0 Å². The third-order valence-corrected chi connectivity index (χ3v) is 5.45. The maximum atomic E-state index is 3.89. The largest absolute Gasteiger partial charge is 0.312 e.